The Morgan fingerprint density at radius 1 is 1.35 bits per heavy atom. The minimum Gasteiger partial charge on any atom is -0.497 e. The summed E-state index contributed by atoms with van der Waals surface area (Å²) >= 11 is 0. The van der Waals surface area contributed by atoms with Gasteiger partial charge in [0.25, 0.3) is 0 Å². The summed E-state index contributed by atoms with van der Waals surface area (Å²) in [5, 5.41) is 0. The van der Waals surface area contributed by atoms with Crippen LogP contribution in [0.4, 0.5) is 0 Å². The Kier molecular flexibility index (Phi) is 3.83. The van der Waals surface area contributed by atoms with Crippen LogP contribution in [0, 0.1) is 0 Å². The van der Waals surface area contributed by atoms with Gasteiger partial charge >= 0.3 is 0 Å². The van der Waals surface area contributed by atoms with E-state index < -0.39 is 6.29 Å². The maximum atomic E-state index is 5.66. The van der Waals surface area contributed by atoms with Gasteiger partial charge in [-0.25, -0.2) is 0 Å². The fraction of sp³-hybridized carbons (Fsp3) is 0.500. The van der Waals surface area contributed by atoms with Crippen LogP contribution in [-0.2, 0) is 9.47 Å². The molecule has 5 heteroatoms. The molecule has 0 spiro atoms. The minimum absolute atomic E-state index is 0.0593. The maximum absolute atomic E-state index is 5.66. The first-order valence-electron chi connectivity index (χ1n) is 5.47. The highest BCUT2D eigenvalue weighted by Crippen LogP contribution is 2.35. The molecule has 0 bridgehead atoms. The van der Waals surface area contributed by atoms with Crippen LogP contribution in [0.2, 0.25) is 0 Å². The van der Waals surface area contributed by atoms with Gasteiger partial charge in [-0.05, 0) is 18.2 Å². The molecular formula is C12H17NO4. The van der Waals surface area contributed by atoms with E-state index >= 15 is 0 Å². The molecule has 2 atom stereocenters. The first kappa shape index (κ1) is 12.2. The zero-order valence-electron chi connectivity index (χ0n) is 10.0. The van der Waals surface area contributed by atoms with Gasteiger partial charge in [-0.3, -0.25) is 0 Å². The Hall–Kier alpha value is -1.30. The first-order valence-corrected chi connectivity index (χ1v) is 5.47. The number of rotatable bonds is 4. The molecule has 17 heavy (non-hydrogen) atoms. The third kappa shape index (κ3) is 2.52. The average Bonchev–Trinajstić information content (AvgIpc) is 2.86. The summed E-state index contributed by atoms with van der Waals surface area (Å²) in [7, 11) is 3.23. The molecule has 94 valence electrons. The van der Waals surface area contributed by atoms with E-state index in [1.54, 1.807) is 14.2 Å². The summed E-state index contributed by atoms with van der Waals surface area (Å²) in [5.74, 6) is 1.46. The smallest absolute Gasteiger partial charge is 0.188 e. The van der Waals surface area contributed by atoms with Crippen molar-refractivity contribution in [2.45, 2.75) is 12.4 Å². The number of hydrogen-bond donors (Lipinski definition) is 1. The van der Waals surface area contributed by atoms with E-state index in [0.29, 0.717) is 18.9 Å². The molecule has 0 saturated carbocycles. The number of ether oxygens (including phenoxy) is 4. The van der Waals surface area contributed by atoms with Gasteiger partial charge in [-0.1, -0.05) is 0 Å². The van der Waals surface area contributed by atoms with Crippen molar-refractivity contribution in [3.63, 3.8) is 0 Å². The van der Waals surface area contributed by atoms with Crippen molar-refractivity contribution < 1.29 is 18.9 Å². The quantitative estimate of drug-likeness (QED) is 0.851. The second kappa shape index (κ2) is 5.35. The van der Waals surface area contributed by atoms with Crippen LogP contribution in [-0.4, -0.2) is 33.5 Å². The van der Waals surface area contributed by atoms with Crippen LogP contribution >= 0.6 is 0 Å². The highest BCUT2D eigenvalue weighted by molar-refractivity contribution is 5.41. The van der Waals surface area contributed by atoms with E-state index in [-0.39, 0.29) is 6.10 Å². The van der Waals surface area contributed by atoms with Crippen molar-refractivity contribution in [1.82, 2.24) is 0 Å². The molecule has 1 fully saturated rings. The molecular weight excluding hydrogens is 222 g/mol. The lowest BCUT2D eigenvalue weighted by Crippen LogP contribution is -2.21. The van der Waals surface area contributed by atoms with Crippen LogP contribution < -0.4 is 15.2 Å². The third-order valence-electron chi connectivity index (χ3n) is 2.70. The predicted molar refractivity (Wildman–Crippen MR) is 62.2 cm³/mol. The lowest BCUT2D eigenvalue weighted by atomic mass is 10.2. The van der Waals surface area contributed by atoms with E-state index in [9.17, 15) is 0 Å². The van der Waals surface area contributed by atoms with E-state index in [4.69, 9.17) is 24.7 Å². The fourth-order valence-electron chi connectivity index (χ4n) is 1.76. The fourth-order valence-corrected chi connectivity index (χ4v) is 1.76. The second-order valence-electron chi connectivity index (χ2n) is 3.77. The van der Waals surface area contributed by atoms with Gasteiger partial charge in [0.2, 0.25) is 0 Å². The summed E-state index contributed by atoms with van der Waals surface area (Å²) in [5.41, 5.74) is 6.36. The molecule has 1 aliphatic heterocycles. The lowest BCUT2D eigenvalue weighted by molar-refractivity contribution is -0.0598. The van der Waals surface area contributed by atoms with Crippen LogP contribution in [0.25, 0.3) is 0 Å². The topological polar surface area (TPSA) is 62.9 Å². The summed E-state index contributed by atoms with van der Waals surface area (Å²) in [4.78, 5) is 0. The van der Waals surface area contributed by atoms with Gasteiger partial charge in [0.1, 0.15) is 11.5 Å². The Morgan fingerprint density at radius 3 is 2.76 bits per heavy atom. The van der Waals surface area contributed by atoms with Crippen molar-refractivity contribution in [2.24, 2.45) is 5.73 Å². The SMILES string of the molecule is COc1ccc(OC)c(C2OCC(CN)O2)c1. The molecule has 0 amide bonds. The summed E-state index contributed by atoms with van der Waals surface area (Å²) < 4.78 is 21.7. The van der Waals surface area contributed by atoms with Crippen LogP contribution in [0.5, 0.6) is 11.5 Å². The van der Waals surface area contributed by atoms with Crippen molar-refractivity contribution in [3.8, 4) is 11.5 Å². The van der Waals surface area contributed by atoms with Gasteiger partial charge in [0.05, 0.1) is 32.5 Å². The lowest BCUT2D eigenvalue weighted by Gasteiger charge is -2.15. The molecule has 5 nitrogen and oxygen atoms in total. The van der Waals surface area contributed by atoms with E-state index in [0.717, 1.165) is 11.3 Å². The van der Waals surface area contributed by atoms with Crippen molar-refractivity contribution >= 4 is 0 Å². The highest BCUT2D eigenvalue weighted by Gasteiger charge is 2.28. The summed E-state index contributed by atoms with van der Waals surface area (Å²) in [6.45, 7) is 0.949. The monoisotopic (exact) mass is 239 g/mol. The second-order valence-corrected chi connectivity index (χ2v) is 3.77. The molecule has 1 heterocycles. The highest BCUT2D eigenvalue weighted by atomic mass is 16.7. The van der Waals surface area contributed by atoms with E-state index in [2.05, 4.69) is 0 Å². The van der Waals surface area contributed by atoms with E-state index in [1.165, 1.54) is 0 Å². The zero-order valence-corrected chi connectivity index (χ0v) is 10.0. The molecule has 2 unspecified atom stereocenters. The molecule has 0 aromatic heterocycles. The normalized spacial score (nSPS) is 23.7. The first-order chi connectivity index (χ1) is 8.28. The Morgan fingerprint density at radius 2 is 2.18 bits per heavy atom. The molecule has 1 aromatic rings. The van der Waals surface area contributed by atoms with Gasteiger partial charge in [0.15, 0.2) is 6.29 Å². The Labute approximate surface area is 100 Å². The number of methoxy groups -OCH3 is 2. The van der Waals surface area contributed by atoms with Crippen molar-refractivity contribution in [2.75, 3.05) is 27.4 Å². The number of nitrogens with two attached hydrogens (primary N) is 1. The number of hydrogen-bond acceptors (Lipinski definition) is 5. The molecule has 2 N–H and O–H groups in total. The van der Waals surface area contributed by atoms with Crippen molar-refractivity contribution in [1.29, 1.82) is 0 Å². The minimum atomic E-state index is -0.436. The third-order valence-corrected chi connectivity index (χ3v) is 2.70. The molecule has 2 rings (SSSR count). The van der Waals surface area contributed by atoms with Gasteiger partial charge < -0.3 is 24.7 Å². The van der Waals surface area contributed by atoms with Gasteiger partial charge in [0, 0.05) is 6.54 Å². The van der Waals surface area contributed by atoms with Crippen LogP contribution in [0.15, 0.2) is 18.2 Å². The van der Waals surface area contributed by atoms with Crippen LogP contribution in [0.1, 0.15) is 11.9 Å². The largest absolute Gasteiger partial charge is 0.497 e. The predicted octanol–water partition coefficient (Wildman–Crippen LogP) is 1.08. The molecule has 1 saturated heterocycles. The average molecular weight is 239 g/mol. The summed E-state index contributed by atoms with van der Waals surface area (Å²) in [6.07, 6.45) is -0.496. The maximum Gasteiger partial charge on any atom is 0.188 e. The molecule has 1 aromatic carbocycles. The van der Waals surface area contributed by atoms with Crippen LogP contribution in [0.3, 0.4) is 0 Å². The number of benzene rings is 1. The standard InChI is InChI=1S/C12H17NO4/c1-14-8-3-4-11(15-2)10(5-8)12-16-7-9(6-13)17-12/h3-5,9,12H,6-7,13H2,1-2H3. The van der Waals surface area contributed by atoms with E-state index in [1.807, 2.05) is 18.2 Å². The summed E-state index contributed by atoms with van der Waals surface area (Å²) in [6, 6.07) is 5.51. The molecule has 0 aliphatic carbocycles. The van der Waals surface area contributed by atoms with Gasteiger partial charge in [-0.2, -0.15) is 0 Å². The Bertz CT molecular complexity index is 383. The van der Waals surface area contributed by atoms with Crippen molar-refractivity contribution in [3.05, 3.63) is 23.8 Å². The molecule has 0 radical (unpaired) electrons. The Balaban J connectivity index is 2.24. The van der Waals surface area contributed by atoms with Gasteiger partial charge in [-0.15, -0.1) is 0 Å². The molecule has 1 aliphatic rings. The zero-order chi connectivity index (χ0) is 12.3.